The highest BCUT2D eigenvalue weighted by Gasteiger charge is 2.23. The zero-order valence-corrected chi connectivity index (χ0v) is 24.5. The Balaban J connectivity index is 1.63. The summed E-state index contributed by atoms with van der Waals surface area (Å²) in [6, 6.07) is 11.4. The SMILES string of the molecule is C=CC(=O)Cc1cccc(C)c1Nc1cc2c(NC3CCOC3)nc(-c3c(Cl)c(OC)cc(OC)c3Cl)cc2cn1. The third-order valence-corrected chi connectivity index (χ3v) is 7.77. The molecule has 2 aromatic carbocycles. The van der Waals surface area contributed by atoms with Crippen LogP contribution in [0.1, 0.15) is 17.5 Å². The standard InChI is InChI=1S/C31H30Cl2N4O4/c1-5-21(38)11-18-8-6-7-17(2)30(18)37-26-13-22-19(15-34-26)12-23(36-31(22)35-20-9-10-41-16-20)27-28(32)24(39-3)14-25(40-4)29(27)33/h5-8,12-15,20H,1,9-11,16H2,2-4H3,(H,34,37)(H,35,36). The van der Waals surface area contributed by atoms with E-state index < -0.39 is 0 Å². The van der Waals surface area contributed by atoms with Crippen LogP contribution in [0.25, 0.3) is 22.0 Å². The summed E-state index contributed by atoms with van der Waals surface area (Å²) in [5.74, 6) is 2.03. The minimum Gasteiger partial charge on any atom is -0.495 e. The number of allylic oxidation sites excluding steroid dienone is 1. The molecule has 0 aliphatic carbocycles. The molecule has 0 amide bonds. The molecule has 1 aliphatic rings. The van der Waals surface area contributed by atoms with E-state index in [1.54, 1.807) is 12.3 Å². The van der Waals surface area contributed by atoms with Gasteiger partial charge in [0.1, 0.15) is 23.1 Å². The number of rotatable bonds is 10. The van der Waals surface area contributed by atoms with E-state index in [4.69, 9.17) is 47.4 Å². The van der Waals surface area contributed by atoms with E-state index in [-0.39, 0.29) is 18.2 Å². The van der Waals surface area contributed by atoms with E-state index in [9.17, 15) is 4.79 Å². The summed E-state index contributed by atoms with van der Waals surface area (Å²) >= 11 is 13.5. The van der Waals surface area contributed by atoms with Gasteiger partial charge in [-0.2, -0.15) is 0 Å². The second-order valence-electron chi connectivity index (χ2n) is 9.72. The summed E-state index contributed by atoms with van der Waals surface area (Å²) in [6.07, 6.45) is 4.20. The average Bonchev–Trinajstić information content (AvgIpc) is 3.48. The highest BCUT2D eigenvalue weighted by Crippen LogP contribution is 2.46. The van der Waals surface area contributed by atoms with E-state index >= 15 is 0 Å². The normalized spacial score (nSPS) is 14.6. The van der Waals surface area contributed by atoms with Crippen LogP contribution in [0.5, 0.6) is 11.5 Å². The molecule has 0 radical (unpaired) electrons. The number of benzene rings is 2. The molecular weight excluding hydrogens is 563 g/mol. The summed E-state index contributed by atoms with van der Waals surface area (Å²) in [5.41, 5.74) is 3.73. The molecule has 1 aliphatic heterocycles. The van der Waals surface area contributed by atoms with Gasteiger partial charge in [0.2, 0.25) is 0 Å². The van der Waals surface area contributed by atoms with E-state index in [2.05, 4.69) is 17.2 Å². The van der Waals surface area contributed by atoms with Gasteiger partial charge < -0.3 is 24.8 Å². The van der Waals surface area contributed by atoms with Crippen molar-refractivity contribution in [1.29, 1.82) is 0 Å². The molecule has 1 fully saturated rings. The van der Waals surface area contributed by atoms with Crippen LogP contribution in [-0.4, -0.2) is 49.2 Å². The predicted octanol–water partition coefficient (Wildman–Crippen LogP) is 7.17. The minimum atomic E-state index is -0.0568. The summed E-state index contributed by atoms with van der Waals surface area (Å²) in [6.45, 7) is 6.84. The Kier molecular flexibility index (Phi) is 8.63. The molecule has 1 unspecified atom stereocenters. The van der Waals surface area contributed by atoms with Crippen LogP contribution in [0.2, 0.25) is 10.0 Å². The molecule has 3 heterocycles. The Bertz CT molecular complexity index is 1610. The van der Waals surface area contributed by atoms with Gasteiger partial charge in [0.05, 0.1) is 42.6 Å². The zero-order chi connectivity index (χ0) is 29.1. The molecule has 0 bridgehead atoms. The summed E-state index contributed by atoms with van der Waals surface area (Å²) in [5, 5.41) is 9.29. The van der Waals surface area contributed by atoms with Crippen LogP contribution in [-0.2, 0) is 16.0 Å². The number of hydrogen-bond acceptors (Lipinski definition) is 8. The van der Waals surface area contributed by atoms with Gasteiger partial charge in [0.15, 0.2) is 5.78 Å². The molecule has 212 valence electrons. The lowest BCUT2D eigenvalue weighted by Gasteiger charge is -2.19. The van der Waals surface area contributed by atoms with Gasteiger partial charge in [-0.05, 0) is 42.7 Å². The van der Waals surface area contributed by atoms with Crippen LogP contribution in [0.3, 0.4) is 0 Å². The van der Waals surface area contributed by atoms with Crippen molar-refractivity contribution in [1.82, 2.24) is 9.97 Å². The first-order valence-corrected chi connectivity index (χ1v) is 13.8. The van der Waals surface area contributed by atoms with Crippen LogP contribution in [0, 0.1) is 6.92 Å². The predicted molar refractivity (Wildman–Crippen MR) is 164 cm³/mol. The summed E-state index contributed by atoms with van der Waals surface area (Å²) in [7, 11) is 3.07. The number of halogens is 2. The number of fused-ring (bicyclic) bond motifs is 1. The molecule has 2 N–H and O–H groups in total. The number of carbonyl (C=O) groups excluding carboxylic acids is 1. The van der Waals surface area contributed by atoms with E-state index in [0.717, 1.165) is 34.0 Å². The molecular formula is C31H30Cl2N4O4. The van der Waals surface area contributed by atoms with Gasteiger partial charge in [-0.15, -0.1) is 0 Å². The Morgan fingerprint density at radius 3 is 2.59 bits per heavy atom. The molecule has 41 heavy (non-hydrogen) atoms. The fourth-order valence-corrected chi connectivity index (χ4v) is 5.54. The van der Waals surface area contributed by atoms with E-state index in [1.807, 2.05) is 37.3 Å². The number of ketones is 1. The number of carbonyl (C=O) groups is 1. The second kappa shape index (κ2) is 12.3. The van der Waals surface area contributed by atoms with Gasteiger partial charge in [0.25, 0.3) is 0 Å². The molecule has 1 saturated heterocycles. The lowest BCUT2D eigenvalue weighted by Crippen LogP contribution is -2.20. The number of nitrogens with one attached hydrogen (secondary N) is 2. The largest absolute Gasteiger partial charge is 0.495 e. The molecule has 10 heteroatoms. The smallest absolute Gasteiger partial charge is 0.159 e. The van der Waals surface area contributed by atoms with Gasteiger partial charge in [0, 0.05) is 47.3 Å². The number of aromatic nitrogens is 2. The number of pyridine rings is 2. The third kappa shape index (κ3) is 5.95. The van der Waals surface area contributed by atoms with Gasteiger partial charge in [-0.3, -0.25) is 4.79 Å². The fourth-order valence-electron chi connectivity index (χ4n) is 4.85. The first-order valence-electron chi connectivity index (χ1n) is 13.1. The van der Waals surface area contributed by atoms with E-state index in [1.165, 1.54) is 20.3 Å². The van der Waals surface area contributed by atoms with Crippen molar-refractivity contribution >= 4 is 57.1 Å². The zero-order valence-electron chi connectivity index (χ0n) is 23.0. The maximum Gasteiger partial charge on any atom is 0.159 e. The molecule has 2 aromatic heterocycles. The van der Waals surface area contributed by atoms with Gasteiger partial charge in [-0.1, -0.05) is 48.0 Å². The summed E-state index contributed by atoms with van der Waals surface area (Å²) < 4.78 is 16.6. The molecule has 0 saturated carbocycles. The number of aryl methyl sites for hydroxylation is 1. The van der Waals surface area contributed by atoms with Gasteiger partial charge >= 0.3 is 0 Å². The average molecular weight is 594 g/mol. The first kappa shape index (κ1) is 28.7. The lowest BCUT2D eigenvalue weighted by atomic mass is 10.0. The number of methoxy groups -OCH3 is 2. The van der Waals surface area contributed by atoms with Crippen LogP contribution < -0.4 is 20.1 Å². The van der Waals surface area contributed by atoms with Crippen molar-refractivity contribution in [2.24, 2.45) is 0 Å². The number of hydrogen-bond donors (Lipinski definition) is 2. The Hall–Kier alpha value is -3.85. The molecule has 0 spiro atoms. The van der Waals surface area contributed by atoms with Crippen LogP contribution >= 0.6 is 23.2 Å². The molecule has 8 nitrogen and oxygen atoms in total. The highest BCUT2D eigenvalue weighted by molar-refractivity contribution is 6.41. The van der Waals surface area contributed by atoms with Crippen molar-refractivity contribution in [3.05, 3.63) is 76.4 Å². The number of ether oxygens (including phenoxy) is 3. The lowest BCUT2D eigenvalue weighted by molar-refractivity contribution is -0.114. The maximum atomic E-state index is 12.1. The van der Waals surface area contributed by atoms with Crippen LogP contribution in [0.15, 0.2) is 55.3 Å². The Morgan fingerprint density at radius 2 is 1.93 bits per heavy atom. The monoisotopic (exact) mass is 592 g/mol. The number of nitrogens with zero attached hydrogens (tertiary/aromatic N) is 2. The Labute approximate surface area is 248 Å². The topological polar surface area (TPSA) is 94.6 Å². The van der Waals surface area contributed by atoms with Crippen LogP contribution in [0.4, 0.5) is 17.3 Å². The first-order chi connectivity index (χ1) is 19.8. The van der Waals surface area contributed by atoms with Crippen molar-refractivity contribution in [3.63, 3.8) is 0 Å². The van der Waals surface area contributed by atoms with E-state index in [0.29, 0.717) is 57.7 Å². The second-order valence-corrected chi connectivity index (χ2v) is 10.5. The summed E-state index contributed by atoms with van der Waals surface area (Å²) in [4.78, 5) is 21.8. The molecule has 1 atom stereocenters. The number of anilines is 3. The fraction of sp³-hybridized carbons (Fsp3) is 0.258. The van der Waals surface area contributed by atoms with Crippen molar-refractivity contribution in [2.75, 3.05) is 38.1 Å². The quantitative estimate of drug-likeness (QED) is 0.187. The Morgan fingerprint density at radius 1 is 1.17 bits per heavy atom. The minimum absolute atomic E-state index is 0.0568. The molecule has 4 aromatic rings. The highest BCUT2D eigenvalue weighted by atomic mass is 35.5. The van der Waals surface area contributed by atoms with Crippen molar-refractivity contribution in [3.8, 4) is 22.8 Å². The molecule has 5 rings (SSSR count). The van der Waals surface area contributed by atoms with Gasteiger partial charge in [-0.25, -0.2) is 9.97 Å². The van der Waals surface area contributed by atoms with Crippen molar-refractivity contribution in [2.45, 2.75) is 25.8 Å². The maximum absolute atomic E-state index is 12.1. The third-order valence-electron chi connectivity index (χ3n) is 7.02. The number of para-hydroxylation sites is 1. The van der Waals surface area contributed by atoms with Crippen molar-refractivity contribution < 1.29 is 19.0 Å².